The lowest BCUT2D eigenvalue weighted by molar-refractivity contribution is -0.115. The molecule has 4 nitrogen and oxygen atoms in total. The predicted molar refractivity (Wildman–Crippen MR) is 103 cm³/mol. The van der Waals surface area contributed by atoms with Gasteiger partial charge in [-0.3, -0.25) is 9.59 Å². The molecule has 25 heavy (non-hydrogen) atoms. The third-order valence-corrected chi connectivity index (χ3v) is 4.94. The number of rotatable bonds is 8. The van der Waals surface area contributed by atoms with E-state index in [1.54, 1.807) is 6.07 Å². The maximum absolute atomic E-state index is 12.4. The average Bonchev–Trinajstić information content (AvgIpc) is 2.60. The van der Waals surface area contributed by atoms with Crippen molar-refractivity contribution in [2.45, 2.75) is 31.1 Å². The van der Waals surface area contributed by atoms with Gasteiger partial charge in [-0.1, -0.05) is 50.2 Å². The van der Waals surface area contributed by atoms with Crippen molar-refractivity contribution in [3.05, 3.63) is 65.2 Å². The van der Waals surface area contributed by atoms with Gasteiger partial charge in [0.25, 0.3) is 5.91 Å². The highest BCUT2D eigenvalue weighted by atomic mass is 32.2. The summed E-state index contributed by atoms with van der Waals surface area (Å²) in [6.07, 6.45) is 0.778. The molecular weight excluding hydrogens is 332 g/mol. The van der Waals surface area contributed by atoms with E-state index in [1.165, 1.54) is 22.9 Å². The molecule has 0 aromatic heterocycles. The minimum atomic E-state index is -0.398. The average molecular weight is 356 g/mol. The van der Waals surface area contributed by atoms with Gasteiger partial charge in [-0.05, 0) is 35.6 Å². The summed E-state index contributed by atoms with van der Waals surface area (Å²) in [5, 5.41) is 2.94. The molecule has 132 valence electrons. The molecule has 0 aliphatic rings. The van der Waals surface area contributed by atoms with Gasteiger partial charge in [0.2, 0.25) is 5.91 Å². The van der Waals surface area contributed by atoms with Crippen LogP contribution in [0.5, 0.6) is 0 Å². The quantitative estimate of drug-likeness (QED) is 0.713. The number of hydrogen-bond acceptors (Lipinski definition) is 3. The Kier molecular flexibility index (Phi) is 7.07. The molecule has 0 atom stereocenters. The summed E-state index contributed by atoms with van der Waals surface area (Å²) in [4.78, 5) is 24.1. The van der Waals surface area contributed by atoms with Gasteiger partial charge < -0.3 is 11.1 Å². The molecule has 0 bridgehead atoms. The minimum absolute atomic E-state index is 0.133. The van der Waals surface area contributed by atoms with Crippen LogP contribution >= 0.6 is 11.8 Å². The molecule has 2 aromatic carbocycles. The van der Waals surface area contributed by atoms with E-state index in [9.17, 15) is 9.59 Å². The monoisotopic (exact) mass is 356 g/mol. The number of carbonyl (C=O) groups excluding carboxylic acids is 2. The maximum atomic E-state index is 12.4. The van der Waals surface area contributed by atoms with Crippen molar-refractivity contribution in [1.29, 1.82) is 0 Å². The Morgan fingerprint density at radius 2 is 1.76 bits per heavy atom. The van der Waals surface area contributed by atoms with Gasteiger partial charge in [-0.15, -0.1) is 11.8 Å². The zero-order valence-electron chi connectivity index (χ0n) is 14.6. The fraction of sp³-hybridized carbons (Fsp3) is 0.300. The number of nitrogens with two attached hydrogens (primary N) is 1. The maximum Gasteiger partial charge on any atom is 0.252 e. The molecular formula is C20H24N2O2S. The SMILES string of the molecule is CC(C)c1ccc(CCNC(=O)c2ccccc2SCC(N)=O)cc1. The Hall–Kier alpha value is -2.27. The molecule has 3 N–H and O–H groups in total. The van der Waals surface area contributed by atoms with E-state index in [4.69, 9.17) is 5.73 Å². The second-order valence-electron chi connectivity index (χ2n) is 6.15. The summed E-state index contributed by atoms with van der Waals surface area (Å²) in [5.41, 5.74) is 8.26. The normalized spacial score (nSPS) is 10.7. The molecule has 0 unspecified atom stereocenters. The first-order valence-electron chi connectivity index (χ1n) is 8.34. The van der Waals surface area contributed by atoms with Crippen LogP contribution in [0.3, 0.4) is 0 Å². The molecule has 0 saturated carbocycles. The molecule has 5 heteroatoms. The Bertz CT molecular complexity index is 727. The molecule has 0 fully saturated rings. The van der Waals surface area contributed by atoms with Crippen molar-refractivity contribution in [1.82, 2.24) is 5.32 Å². The van der Waals surface area contributed by atoms with Gasteiger partial charge in [0.1, 0.15) is 0 Å². The van der Waals surface area contributed by atoms with Crippen LogP contribution in [0.25, 0.3) is 0 Å². The van der Waals surface area contributed by atoms with Crippen molar-refractivity contribution in [2.75, 3.05) is 12.3 Å². The lowest BCUT2D eigenvalue weighted by Gasteiger charge is -2.10. The third kappa shape index (κ3) is 5.94. The van der Waals surface area contributed by atoms with Gasteiger partial charge in [-0.2, -0.15) is 0 Å². The zero-order valence-corrected chi connectivity index (χ0v) is 15.4. The number of amides is 2. The van der Waals surface area contributed by atoms with Crippen molar-refractivity contribution in [3.8, 4) is 0 Å². The molecule has 0 aliphatic carbocycles. The Morgan fingerprint density at radius 3 is 2.40 bits per heavy atom. The van der Waals surface area contributed by atoms with Crippen molar-refractivity contribution in [3.63, 3.8) is 0 Å². The van der Waals surface area contributed by atoms with Gasteiger partial charge in [0.15, 0.2) is 0 Å². The van der Waals surface area contributed by atoms with Crippen molar-refractivity contribution >= 4 is 23.6 Å². The summed E-state index contributed by atoms with van der Waals surface area (Å²) in [7, 11) is 0. The van der Waals surface area contributed by atoms with Gasteiger partial charge in [-0.25, -0.2) is 0 Å². The number of nitrogens with one attached hydrogen (secondary N) is 1. The number of carbonyl (C=O) groups is 2. The number of thioether (sulfide) groups is 1. The fourth-order valence-corrected chi connectivity index (χ4v) is 3.20. The number of primary amides is 1. The second-order valence-corrected chi connectivity index (χ2v) is 7.17. The van der Waals surface area contributed by atoms with Gasteiger partial charge in [0, 0.05) is 11.4 Å². The standard InChI is InChI=1S/C20H24N2O2S/c1-14(2)16-9-7-15(8-10-16)11-12-22-20(24)17-5-3-4-6-18(17)25-13-19(21)23/h3-10,14H,11-13H2,1-2H3,(H2,21,23)(H,22,24). The van der Waals surface area contributed by atoms with Crippen LogP contribution in [0.15, 0.2) is 53.4 Å². The molecule has 0 spiro atoms. The van der Waals surface area contributed by atoms with Crippen LogP contribution in [0.4, 0.5) is 0 Å². The summed E-state index contributed by atoms with van der Waals surface area (Å²) in [6, 6.07) is 15.7. The first-order chi connectivity index (χ1) is 12.0. The van der Waals surface area contributed by atoms with Crippen LogP contribution in [0.2, 0.25) is 0 Å². The van der Waals surface area contributed by atoms with Crippen molar-refractivity contribution < 1.29 is 9.59 Å². The molecule has 0 radical (unpaired) electrons. The van der Waals surface area contributed by atoms with Crippen molar-refractivity contribution in [2.24, 2.45) is 5.73 Å². The summed E-state index contributed by atoms with van der Waals surface area (Å²) < 4.78 is 0. The smallest absolute Gasteiger partial charge is 0.252 e. The van der Waals surface area contributed by atoms with Gasteiger partial charge >= 0.3 is 0 Å². The zero-order chi connectivity index (χ0) is 18.2. The largest absolute Gasteiger partial charge is 0.369 e. The summed E-state index contributed by atoms with van der Waals surface area (Å²) >= 11 is 1.28. The number of benzene rings is 2. The Balaban J connectivity index is 1.91. The minimum Gasteiger partial charge on any atom is -0.369 e. The lowest BCUT2D eigenvalue weighted by atomic mass is 10.0. The highest BCUT2D eigenvalue weighted by Gasteiger charge is 2.11. The van der Waals surface area contributed by atoms with Gasteiger partial charge in [0.05, 0.1) is 11.3 Å². The summed E-state index contributed by atoms with van der Waals surface area (Å²) in [5.74, 6) is 0.145. The van der Waals surface area contributed by atoms with E-state index in [0.717, 1.165) is 11.3 Å². The van der Waals surface area contributed by atoms with Crippen LogP contribution < -0.4 is 11.1 Å². The predicted octanol–water partition coefficient (Wildman–Crippen LogP) is 3.36. The van der Waals surface area contributed by atoms with Crippen LogP contribution in [0.1, 0.15) is 41.3 Å². The van der Waals surface area contributed by atoms with Crippen LogP contribution in [-0.4, -0.2) is 24.1 Å². The van der Waals surface area contributed by atoms with E-state index in [2.05, 4.69) is 43.4 Å². The lowest BCUT2D eigenvalue weighted by Crippen LogP contribution is -2.26. The first-order valence-corrected chi connectivity index (χ1v) is 9.33. The molecule has 0 heterocycles. The highest BCUT2D eigenvalue weighted by Crippen LogP contribution is 2.22. The van der Waals surface area contributed by atoms with Crippen LogP contribution in [0, 0.1) is 0 Å². The molecule has 2 rings (SSSR count). The van der Waals surface area contributed by atoms with E-state index < -0.39 is 5.91 Å². The highest BCUT2D eigenvalue weighted by molar-refractivity contribution is 8.00. The summed E-state index contributed by atoms with van der Waals surface area (Å²) in [6.45, 7) is 4.90. The van der Waals surface area contributed by atoms with E-state index in [-0.39, 0.29) is 11.7 Å². The molecule has 0 saturated heterocycles. The topological polar surface area (TPSA) is 72.2 Å². The molecule has 0 aliphatic heterocycles. The Labute approximate surface area is 153 Å². The number of hydrogen-bond donors (Lipinski definition) is 2. The molecule has 2 amide bonds. The van der Waals surface area contributed by atoms with E-state index in [1.807, 2.05) is 18.2 Å². The third-order valence-electron chi connectivity index (χ3n) is 3.85. The van der Waals surface area contributed by atoms with E-state index in [0.29, 0.717) is 18.0 Å². The van der Waals surface area contributed by atoms with E-state index >= 15 is 0 Å². The second kappa shape index (κ2) is 9.28. The Morgan fingerprint density at radius 1 is 1.08 bits per heavy atom. The van der Waals surface area contributed by atoms with Crippen LogP contribution in [-0.2, 0) is 11.2 Å². The first kappa shape index (κ1) is 19.1. The molecule has 2 aromatic rings. The fourth-order valence-electron chi connectivity index (χ4n) is 2.41.